The van der Waals surface area contributed by atoms with Gasteiger partial charge in [-0.2, -0.15) is 13.5 Å². The van der Waals surface area contributed by atoms with E-state index in [2.05, 4.69) is 19.9 Å². The van der Waals surface area contributed by atoms with E-state index < -0.39 is 0 Å². The van der Waals surface area contributed by atoms with Crippen LogP contribution in [0.5, 0.6) is 0 Å². The molecule has 0 aliphatic heterocycles. The lowest BCUT2D eigenvalue weighted by atomic mass is 10.4. The minimum atomic E-state index is 0. The summed E-state index contributed by atoms with van der Waals surface area (Å²) in [6.07, 6.45) is 8.86. The predicted octanol–water partition coefficient (Wildman–Crippen LogP) is 2.19. The van der Waals surface area contributed by atoms with Gasteiger partial charge in [-0.3, -0.25) is 0 Å². The van der Waals surface area contributed by atoms with Gasteiger partial charge < -0.3 is 0 Å². The molecule has 0 radical (unpaired) electrons. The molecule has 4 nitrogen and oxygen atoms in total. The number of hydrogen-bond acceptors (Lipinski definition) is 4. The molecule has 0 unspecified atom stereocenters. The van der Waals surface area contributed by atoms with Crippen molar-refractivity contribution >= 4 is 13.5 Å². The lowest BCUT2D eigenvalue weighted by Crippen LogP contribution is -1.87. The minimum absolute atomic E-state index is 0. The van der Waals surface area contributed by atoms with Gasteiger partial charge in [-0.15, -0.1) is 0 Å². The molecule has 0 fully saturated rings. The van der Waals surface area contributed by atoms with Crippen molar-refractivity contribution in [3.63, 3.8) is 0 Å². The van der Waals surface area contributed by atoms with Crippen LogP contribution in [0.4, 0.5) is 0 Å². The van der Waals surface area contributed by atoms with Gasteiger partial charge in [0.15, 0.2) is 0 Å². The maximum Gasteiger partial charge on any atom is 0.127 e. The molecule has 0 aliphatic carbocycles. The Morgan fingerprint density at radius 2 is 1.00 bits per heavy atom. The average molecular weight is 250 g/mol. The number of aryl methyl sites for hydroxylation is 2. The van der Waals surface area contributed by atoms with Crippen molar-refractivity contribution in [2.45, 2.75) is 26.7 Å². The molecule has 0 bridgehead atoms. The summed E-state index contributed by atoms with van der Waals surface area (Å²) in [5.41, 5.74) is 0. The Hall–Kier alpha value is -1.49. The number of hydrogen-bond donors (Lipinski definition) is 0. The molecule has 0 aliphatic rings. The normalized spacial score (nSPS) is 8.59. The highest BCUT2D eigenvalue weighted by molar-refractivity contribution is 7.59. The van der Waals surface area contributed by atoms with E-state index in [0.29, 0.717) is 0 Å². The topological polar surface area (TPSA) is 51.6 Å². The van der Waals surface area contributed by atoms with Crippen molar-refractivity contribution in [2.24, 2.45) is 0 Å². The van der Waals surface area contributed by atoms with Crippen LogP contribution in [0.1, 0.15) is 25.5 Å². The Bertz CT molecular complexity index is 341. The van der Waals surface area contributed by atoms with Crippen LogP contribution < -0.4 is 0 Å². The lowest BCUT2D eigenvalue weighted by Gasteiger charge is -1.87. The average Bonchev–Trinajstić information content (AvgIpc) is 2.41. The van der Waals surface area contributed by atoms with Gasteiger partial charge in [0, 0.05) is 37.6 Å². The Labute approximate surface area is 109 Å². The molecule has 92 valence electrons. The van der Waals surface area contributed by atoms with E-state index in [1.165, 1.54) is 0 Å². The summed E-state index contributed by atoms with van der Waals surface area (Å²) in [4.78, 5) is 15.9. The van der Waals surface area contributed by atoms with Crippen LogP contribution in [0.3, 0.4) is 0 Å². The van der Waals surface area contributed by atoms with Gasteiger partial charge in [0.1, 0.15) is 11.6 Å². The molecular weight excluding hydrogens is 232 g/mol. The van der Waals surface area contributed by atoms with Gasteiger partial charge in [0.2, 0.25) is 0 Å². The monoisotopic (exact) mass is 250 g/mol. The second-order valence-corrected chi connectivity index (χ2v) is 3.04. The van der Waals surface area contributed by atoms with Gasteiger partial charge in [-0.25, -0.2) is 19.9 Å². The second kappa shape index (κ2) is 9.72. The maximum absolute atomic E-state index is 3.99. The zero-order valence-corrected chi connectivity index (χ0v) is 11.2. The first kappa shape index (κ1) is 15.5. The van der Waals surface area contributed by atoms with Crippen LogP contribution in [-0.2, 0) is 12.8 Å². The molecule has 2 aromatic rings. The standard InChI is InChI=1S/2C6H8N2.H2S/c2*1-2-6-7-4-3-5-8-6;/h2*3-5H,2H2,1H3;1H2. The van der Waals surface area contributed by atoms with Crippen LogP contribution in [0.2, 0.25) is 0 Å². The van der Waals surface area contributed by atoms with Crippen LogP contribution >= 0.6 is 13.5 Å². The van der Waals surface area contributed by atoms with Crippen molar-refractivity contribution in [3.8, 4) is 0 Å². The van der Waals surface area contributed by atoms with E-state index >= 15 is 0 Å². The van der Waals surface area contributed by atoms with E-state index in [1.807, 2.05) is 26.0 Å². The fourth-order valence-electron chi connectivity index (χ4n) is 1.03. The first-order chi connectivity index (χ1) is 7.86. The molecule has 2 heterocycles. The fourth-order valence-corrected chi connectivity index (χ4v) is 1.03. The summed E-state index contributed by atoms with van der Waals surface area (Å²) in [6.45, 7) is 4.07. The summed E-state index contributed by atoms with van der Waals surface area (Å²) in [6, 6.07) is 3.64. The number of rotatable bonds is 2. The van der Waals surface area contributed by atoms with Gasteiger partial charge >= 0.3 is 0 Å². The van der Waals surface area contributed by atoms with E-state index in [-0.39, 0.29) is 13.5 Å². The molecule has 0 amide bonds. The smallest absolute Gasteiger partial charge is 0.127 e. The van der Waals surface area contributed by atoms with E-state index in [4.69, 9.17) is 0 Å². The third kappa shape index (κ3) is 6.63. The van der Waals surface area contributed by atoms with Crippen LogP contribution in [0, 0.1) is 0 Å². The van der Waals surface area contributed by atoms with Crippen molar-refractivity contribution in [1.29, 1.82) is 0 Å². The van der Waals surface area contributed by atoms with Gasteiger partial charge in [-0.05, 0) is 12.1 Å². The third-order valence-electron chi connectivity index (χ3n) is 1.87. The molecule has 0 atom stereocenters. The highest BCUT2D eigenvalue weighted by Crippen LogP contribution is 1.85. The molecule has 0 N–H and O–H groups in total. The van der Waals surface area contributed by atoms with Crippen LogP contribution in [-0.4, -0.2) is 19.9 Å². The molecule has 0 spiro atoms. The van der Waals surface area contributed by atoms with Crippen molar-refractivity contribution < 1.29 is 0 Å². The third-order valence-corrected chi connectivity index (χ3v) is 1.87. The first-order valence-corrected chi connectivity index (χ1v) is 5.38. The predicted molar refractivity (Wildman–Crippen MR) is 73.2 cm³/mol. The summed E-state index contributed by atoms with van der Waals surface area (Å²) >= 11 is 0. The zero-order valence-electron chi connectivity index (χ0n) is 10.2. The van der Waals surface area contributed by atoms with E-state index in [9.17, 15) is 0 Å². The number of aromatic nitrogens is 4. The summed E-state index contributed by atoms with van der Waals surface area (Å²) < 4.78 is 0. The number of nitrogens with zero attached hydrogens (tertiary/aromatic N) is 4. The second-order valence-electron chi connectivity index (χ2n) is 3.04. The van der Waals surface area contributed by atoms with E-state index in [0.717, 1.165) is 24.5 Å². The Morgan fingerprint density at radius 3 is 1.18 bits per heavy atom. The summed E-state index contributed by atoms with van der Waals surface area (Å²) in [5.74, 6) is 1.82. The molecule has 2 rings (SSSR count). The zero-order chi connectivity index (χ0) is 11.6. The molecule has 5 heteroatoms. The molecule has 0 saturated heterocycles. The first-order valence-electron chi connectivity index (χ1n) is 5.38. The Balaban J connectivity index is 0.000000284. The maximum atomic E-state index is 3.99. The van der Waals surface area contributed by atoms with Gasteiger partial charge in [0.05, 0.1) is 0 Å². The molecule has 0 aromatic carbocycles. The lowest BCUT2D eigenvalue weighted by molar-refractivity contribution is 0.939. The van der Waals surface area contributed by atoms with Crippen molar-refractivity contribution in [3.05, 3.63) is 48.6 Å². The minimum Gasteiger partial charge on any atom is -0.241 e. The van der Waals surface area contributed by atoms with Gasteiger partial charge in [0.25, 0.3) is 0 Å². The van der Waals surface area contributed by atoms with Crippen LogP contribution in [0.25, 0.3) is 0 Å². The molecule has 0 saturated carbocycles. The van der Waals surface area contributed by atoms with Gasteiger partial charge in [-0.1, -0.05) is 13.8 Å². The Morgan fingerprint density at radius 1 is 0.706 bits per heavy atom. The quantitative estimate of drug-likeness (QED) is 0.820. The summed E-state index contributed by atoms with van der Waals surface area (Å²) in [7, 11) is 0. The largest absolute Gasteiger partial charge is 0.241 e. The SMILES string of the molecule is CCc1ncccn1.CCc1ncccn1.S. The highest BCUT2D eigenvalue weighted by atomic mass is 32.1. The Kier molecular flexibility index (Phi) is 8.86. The molecule has 17 heavy (non-hydrogen) atoms. The van der Waals surface area contributed by atoms with Crippen molar-refractivity contribution in [1.82, 2.24) is 19.9 Å². The highest BCUT2D eigenvalue weighted by Gasteiger charge is 1.84. The molecule has 2 aromatic heterocycles. The summed E-state index contributed by atoms with van der Waals surface area (Å²) in [5, 5.41) is 0. The van der Waals surface area contributed by atoms with Crippen molar-refractivity contribution in [2.75, 3.05) is 0 Å². The van der Waals surface area contributed by atoms with Crippen LogP contribution in [0.15, 0.2) is 36.9 Å². The fraction of sp³-hybridized carbons (Fsp3) is 0.333. The molecular formula is C12H18N4S. The van der Waals surface area contributed by atoms with E-state index in [1.54, 1.807) is 24.8 Å².